The Balaban J connectivity index is 0. The van der Waals surface area contributed by atoms with Crippen LogP contribution in [0.1, 0.15) is 0 Å². The Morgan fingerprint density at radius 2 is 0.152 bits per heavy atom. The molecule has 0 aliphatic heterocycles. The second-order valence-corrected chi connectivity index (χ2v) is 54.0. The molecule has 4 nitrogen and oxygen atoms in total. The molecule has 0 aliphatic rings. The first-order valence-electron chi connectivity index (χ1n) is 42.6. The summed E-state index contributed by atoms with van der Waals surface area (Å²) < 4.78 is 0. The first-order valence-corrected chi connectivity index (χ1v) is 62.7. The topological polar surface area (TPSA) is 114 Å². The third kappa shape index (κ3) is 52.5. The van der Waals surface area contributed by atoms with Crippen LogP contribution in [0.5, 0.6) is 0 Å². The summed E-state index contributed by atoms with van der Waals surface area (Å²) in [7, 11) is -6.27. The monoisotopic (exact) mass is 2610 g/mol. The summed E-state index contributed by atoms with van der Waals surface area (Å²) in [5, 5.41) is 25.4. The van der Waals surface area contributed by atoms with Gasteiger partial charge in [-0.25, -0.2) is 0 Å². The van der Waals surface area contributed by atoms with Gasteiger partial charge in [-0.2, -0.15) is 0 Å². The van der Waals surface area contributed by atoms with E-state index in [1.807, 2.05) is 0 Å². The predicted molar refractivity (Wildman–Crippen MR) is 625 cm³/mol. The fourth-order valence-electron chi connectivity index (χ4n) is 14.9. The fraction of sp³-hybridized carbons (Fsp3) is 0.127. The van der Waals surface area contributed by atoms with Crippen molar-refractivity contribution in [2.24, 2.45) is 0 Å². The average Bonchev–Trinajstić information content (AvgIpc) is 0.817. The van der Waals surface area contributed by atoms with Gasteiger partial charge in [-0.3, -0.25) is 0 Å². The summed E-state index contributed by atoms with van der Waals surface area (Å²) in [6, 6.07) is 178. The summed E-state index contributed by atoms with van der Waals surface area (Å²) in [5.41, 5.74) is 0. The second kappa shape index (κ2) is 88.5. The molecule has 0 atom stereocenters. The minimum absolute atomic E-state index is 0. The van der Waals surface area contributed by atoms with E-state index in [0.29, 0.717) is 0 Å². The molecule has 0 heterocycles. The van der Waals surface area contributed by atoms with Crippen molar-refractivity contribution < 1.29 is 87.6 Å². The van der Waals surface area contributed by atoms with E-state index in [1.54, 1.807) is 0 Å². The van der Waals surface area contributed by atoms with Crippen LogP contribution in [0.2, 0.25) is 0 Å². The van der Waals surface area contributed by atoms with Crippen molar-refractivity contribution >= 4 is 287 Å². The van der Waals surface area contributed by atoms with Gasteiger partial charge in [0.05, 0.1) is 180 Å². The minimum atomic E-state index is -0.783. The molecule has 0 saturated carbocycles. The molecule has 0 unspecified atom stereocenters. The molecule has 0 aromatic heterocycles. The molecule has 28 heteroatoms. The van der Waals surface area contributed by atoms with Gasteiger partial charge >= 0.3 is 0 Å². The molecular formula is C110H116Cl14O4P8Re2-2. The zero-order valence-electron chi connectivity index (χ0n) is 75.8. The van der Waals surface area contributed by atoms with Crippen molar-refractivity contribution in [1.82, 2.24) is 0 Å². The molecule has 16 rings (SSSR count). The molecule has 0 saturated heterocycles. The van der Waals surface area contributed by atoms with Crippen molar-refractivity contribution in [3.63, 3.8) is 0 Å². The maximum Gasteiger partial charge on any atom is 0.101 e. The van der Waals surface area contributed by atoms with E-state index < -0.39 is 63.4 Å². The minimum Gasteiger partial charge on any atom is -2.00 e. The molecule has 0 amide bonds. The zero-order chi connectivity index (χ0) is 92.3. The molecule has 2 radical (unpaired) electrons. The van der Waals surface area contributed by atoms with E-state index in [9.17, 15) is 0 Å². The molecule has 0 N–H and O–H groups in total. The third-order valence-corrected chi connectivity index (χ3v) is 44.9. The van der Waals surface area contributed by atoms with Gasteiger partial charge in [0.25, 0.3) is 0 Å². The molecular weight excluding hydrogens is 2500 g/mol. The van der Waals surface area contributed by atoms with Crippen LogP contribution in [-0.4, -0.2) is 81.3 Å². The second-order valence-electron chi connectivity index (χ2n) is 28.3. The van der Waals surface area contributed by atoms with E-state index >= 15 is 0 Å². The number of alkyl halides is 12. The summed E-state index contributed by atoms with van der Waals surface area (Å²) in [6.45, 7) is 0. The number of hydrogen-bond acceptors (Lipinski definition) is 0. The number of benzene rings is 16. The van der Waals surface area contributed by atoms with Crippen LogP contribution >= 0.6 is 203 Å². The maximum absolute atomic E-state index is 4.76. The Morgan fingerprint density at radius 3 is 0.196 bits per heavy atom. The summed E-state index contributed by atoms with van der Waals surface area (Å²) in [6.07, 6.45) is 10.1. The first-order chi connectivity index (χ1) is 64.1. The average molecular weight is 2620 g/mol. The van der Waals surface area contributed by atoms with Gasteiger partial charge in [0.2, 0.25) is 0 Å². The Kier molecular flexibility index (Phi) is 87.3. The number of rotatable bonds is 28. The molecule has 0 spiro atoms. The summed E-state index contributed by atoms with van der Waals surface area (Å²) in [4.78, 5) is 0. The Morgan fingerprint density at radius 1 is 0.109 bits per heavy atom. The fourth-order valence-corrected chi connectivity index (χ4v) is 39.7. The van der Waals surface area contributed by atoms with Crippen molar-refractivity contribution in [2.75, 3.05) is 81.3 Å². The number of hydrogen-bond donors (Lipinski definition) is 0. The van der Waals surface area contributed by atoms with Gasteiger partial charge in [-0.05, 0) is 194 Å². The zero-order valence-corrected chi connectivity index (χ0v) is 99.8. The van der Waals surface area contributed by atoms with Gasteiger partial charge in [-0.1, -0.05) is 291 Å². The smallest absolute Gasteiger partial charge is 0.101 e. The molecule has 16 aromatic rings. The van der Waals surface area contributed by atoms with E-state index in [1.165, 1.54) is 134 Å². The molecule has 0 aliphatic carbocycles. The van der Waals surface area contributed by atoms with Crippen LogP contribution in [-0.2, 0) is 62.8 Å². The third-order valence-electron chi connectivity index (χ3n) is 20.5. The molecule has 138 heavy (non-hydrogen) atoms. The van der Waals surface area contributed by atoms with Crippen LogP contribution in [0.4, 0.5) is 0 Å². The van der Waals surface area contributed by atoms with Crippen molar-refractivity contribution in [3.05, 3.63) is 485 Å². The van der Waals surface area contributed by atoms with E-state index in [4.69, 9.17) is 139 Å². The van der Waals surface area contributed by atoms with Crippen LogP contribution in [0.25, 0.3) is 0 Å². The Hall–Kier alpha value is -3.82. The van der Waals surface area contributed by atoms with E-state index in [0.717, 1.165) is 0 Å². The van der Waals surface area contributed by atoms with Crippen LogP contribution in [0, 0.1) is 0 Å². The van der Waals surface area contributed by atoms with E-state index in [2.05, 4.69) is 485 Å². The normalized spacial score (nSPS) is 9.77. The molecule has 0 bridgehead atoms. The van der Waals surface area contributed by atoms with Gasteiger partial charge in [-0.15, -0.1) is 139 Å². The summed E-state index contributed by atoms with van der Waals surface area (Å²) >= 11 is 57.2. The maximum atomic E-state index is 4.76. The van der Waals surface area contributed by atoms with Gasteiger partial charge < -0.3 is 46.7 Å². The van der Waals surface area contributed by atoms with Crippen LogP contribution in [0.15, 0.2) is 485 Å². The van der Waals surface area contributed by atoms with Crippen molar-refractivity contribution in [3.8, 4) is 0 Å². The standard InChI is InChI=1S/4C26H24P2.6CH2Cl2.2ClH.4O.2Re/c4*1-5-13-23(14-6-1)27(24-15-7-2-8-16-24)21-22-28(25-17-9-3-10-18-25)26-19-11-4-12-20-26;6*2-1-3;;;;;;;;/h4*1-20H,21-22H2;6*1H2;2*1H;;;;;;/q;;;;;;;;;;;;4*-2;;/p+6. The largest absolute Gasteiger partial charge is 2.00 e. The summed E-state index contributed by atoms with van der Waals surface area (Å²) in [5.74, 6) is 0. The van der Waals surface area contributed by atoms with Crippen molar-refractivity contribution in [1.29, 1.82) is 0 Å². The Bertz CT molecular complexity index is 4040. The van der Waals surface area contributed by atoms with Crippen LogP contribution in [0.3, 0.4) is 0 Å². The Labute approximate surface area is 931 Å². The molecule has 734 valence electrons. The number of halogens is 14. The predicted octanol–water partition coefficient (Wildman–Crippen LogP) is 20.9. The van der Waals surface area contributed by atoms with Crippen LogP contribution < -0.4 is 110 Å². The molecule has 16 aromatic carbocycles. The SMILES string of the molecule is ClCCl.ClCCl.ClCCl.ClCCl.ClCCl.ClCCl.[Cl-].[Cl-].[O-2].[O-2].[O-2].[O-2].[Re].[Re].c1ccc([PH+](CC[PH+](c2ccccc2)c2ccccc2)c2ccccc2)cc1.c1ccc([PH+](CC[PH+](c2ccccc2)c2ccccc2)c2ccccc2)cc1.c1ccc([PH+](CC[PH+](c2ccccc2)c2ccccc2)c2ccccc2)cc1.c1ccc([PH+](CC[PH+](c2ccccc2)c2ccccc2)c2ccccc2)cc1. The van der Waals surface area contributed by atoms with Gasteiger partial charge in [0, 0.05) is 40.8 Å². The van der Waals surface area contributed by atoms with Gasteiger partial charge in [0.15, 0.2) is 0 Å². The van der Waals surface area contributed by atoms with Gasteiger partial charge in [0.1, 0.15) is 49.3 Å². The first kappa shape index (κ1) is 136. The quantitative estimate of drug-likeness (QED) is 0.0343. The molecule has 0 fully saturated rings. The van der Waals surface area contributed by atoms with E-state index in [-0.39, 0.29) is 120 Å². The van der Waals surface area contributed by atoms with Crippen molar-refractivity contribution in [2.45, 2.75) is 0 Å².